The summed E-state index contributed by atoms with van der Waals surface area (Å²) in [5.41, 5.74) is 5.03. The molecule has 2 aromatic heterocycles. The largest absolute Gasteiger partial charge is 0.488 e. The third-order valence-corrected chi connectivity index (χ3v) is 6.95. The molecule has 7 nitrogen and oxygen atoms in total. The summed E-state index contributed by atoms with van der Waals surface area (Å²) in [5.74, 6) is -0.130. The minimum absolute atomic E-state index is 0.365. The summed E-state index contributed by atoms with van der Waals surface area (Å²) in [6.45, 7) is 1.93. The number of carbonyl (C=O) groups excluding carboxylic acids is 2. The van der Waals surface area contributed by atoms with Crippen LogP contribution in [0.2, 0.25) is 0 Å². The normalized spacial score (nSPS) is 13.8. The minimum atomic E-state index is -0.403. The molecule has 7 heteroatoms. The zero-order chi connectivity index (χ0) is 26.2. The Morgan fingerprint density at radius 3 is 2.37 bits per heavy atom. The van der Waals surface area contributed by atoms with Crippen LogP contribution in [0.5, 0.6) is 5.75 Å². The number of para-hydroxylation sites is 1. The Morgan fingerprint density at radius 2 is 1.58 bits per heavy atom. The number of nitrogens with one attached hydrogen (secondary N) is 2. The molecule has 3 aromatic carbocycles. The summed E-state index contributed by atoms with van der Waals surface area (Å²) in [5, 5.41) is 4.26. The van der Waals surface area contributed by atoms with Crippen LogP contribution in [-0.4, -0.2) is 46.9 Å². The highest BCUT2D eigenvalue weighted by Crippen LogP contribution is 2.41. The maximum absolute atomic E-state index is 13.4. The fraction of sp³-hybridized carbons (Fsp3) is 0.161. The molecule has 1 aliphatic rings. The molecular formula is C31H28N4O3. The summed E-state index contributed by atoms with van der Waals surface area (Å²) >= 11 is 0. The van der Waals surface area contributed by atoms with Gasteiger partial charge in [0.25, 0.3) is 11.8 Å². The van der Waals surface area contributed by atoms with Crippen molar-refractivity contribution in [1.82, 2.24) is 19.8 Å². The Labute approximate surface area is 220 Å². The lowest BCUT2D eigenvalue weighted by Crippen LogP contribution is -2.22. The standard InChI is InChI=1S/C31H28N4O3/c1-34(2)15-16-35-18-23(27-25(35)13-8-14-26(27)38-19-20-9-4-3-5-10-20)29-28(30(36)33-31(29)37)22-17-32-24-12-7-6-11-21(22)24/h3-14,17-18,32H,15-16,19H2,1-2H3,(H,33,36,37). The summed E-state index contributed by atoms with van der Waals surface area (Å²) in [6, 6.07) is 23.7. The van der Waals surface area contributed by atoms with Crippen molar-refractivity contribution >= 4 is 44.8 Å². The van der Waals surface area contributed by atoms with E-state index in [-0.39, 0.29) is 0 Å². The molecule has 0 fully saturated rings. The van der Waals surface area contributed by atoms with Crippen molar-refractivity contribution in [3.63, 3.8) is 0 Å². The van der Waals surface area contributed by atoms with E-state index < -0.39 is 11.8 Å². The highest BCUT2D eigenvalue weighted by molar-refractivity contribution is 6.51. The van der Waals surface area contributed by atoms with E-state index in [4.69, 9.17) is 4.74 Å². The van der Waals surface area contributed by atoms with Crippen LogP contribution in [-0.2, 0) is 22.7 Å². The number of fused-ring (bicyclic) bond motifs is 2. The van der Waals surface area contributed by atoms with Gasteiger partial charge in [-0.1, -0.05) is 54.6 Å². The molecule has 5 aromatic rings. The van der Waals surface area contributed by atoms with Crippen LogP contribution >= 0.6 is 0 Å². The second kappa shape index (κ2) is 9.68. The Hall–Kier alpha value is -4.62. The van der Waals surface area contributed by atoms with Gasteiger partial charge in [-0.3, -0.25) is 14.9 Å². The van der Waals surface area contributed by atoms with E-state index >= 15 is 0 Å². The van der Waals surface area contributed by atoms with Crippen LogP contribution in [0.3, 0.4) is 0 Å². The topological polar surface area (TPSA) is 79.4 Å². The summed E-state index contributed by atoms with van der Waals surface area (Å²) in [4.78, 5) is 31.9. The van der Waals surface area contributed by atoms with Crippen molar-refractivity contribution in [2.24, 2.45) is 0 Å². The predicted octanol–water partition coefficient (Wildman–Crippen LogP) is 4.83. The number of carbonyl (C=O) groups is 2. The van der Waals surface area contributed by atoms with Gasteiger partial charge in [0.05, 0.1) is 16.7 Å². The van der Waals surface area contributed by atoms with E-state index in [1.807, 2.05) is 93.1 Å². The molecular weight excluding hydrogens is 476 g/mol. The molecule has 3 heterocycles. The Kier molecular flexibility index (Phi) is 6.05. The SMILES string of the molecule is CN(C)CCn1cc(C2=C(c3c[nH]c4ccccc34)C(=O)NC2=O)c2c(OCc3ccccc3)cccc21. The number of ether oxygens (including phenoxy) is 1. The number of rotatable bonds is 8. The summed E-state index contributed by atoms with van der Waals surface area (Å²) < 4.78 is 8.47. The maximum atomic E-state index is 13.4. The lowest BCUT2D eigenvalue weighted by atomic mass is 9.95. The first-order valence-electron chi connectivity index (χ1n) is 12.6. The van der Waals surface area contributed by atoms with Crippen LogP contribution in [0.15, 0.2) is 85.2 Å². The number of hydrogen-bond acceptors (Lipinski definition) is 4. The second-order valence-electron chi connectivity index (χ2n) is 9.75. The molecule has 6 rings (SSSR count). The molecule has 2 N–H and O–H groups in total. The van der Waals surface area contributed by atoms with Gasteiger partial charge < -0.3 is 19.2 Å². The number of benzene rings is 3. The molecule has 0 saturated heterocycles. The maximum Gasteiger partial charge on any atom is 0.259 e. The van der Waals surface area contributed by atoms with Gasteiger partial charge in [0.1, 0.15) is 12.4 Å². The van der Waals surface area contributed by atoms with Crippen LogP contribution in [0.4, 0.5) is 0 Å². The van der Waals surface area contributed by atoms with Crippen LogP contribution in [0.25, 0.3) is 33.0 Å². The van der Waals surface area contributed by atoms with Crippen molar-refractivity contribution in [3.8, 4) is 5.75 Å². The molecule has 0 saturated carbocycles. The average molecular weight is 505 g/mol. The van der Waals surface area contributed by atoms with E-state index in [1.54, 1.807) is 6.20 Å². The first-order valence-corrected chi connectivity index (χ1v) is 12.6. The van der Waals surface area contributed by atoms with Crippen molar-refractivity contribution in [2.75, 3.05) is 20.6 Å². The molecule has 0 atom stereocenters. The highest BCUT2D eigenvalue weighted by atomic mass is 16.5. The van der Waals surface area contributed by atoms with Crippen molar-refractivity contribution in [3.05, 3.63) is 102 Å². The molecule has 0 spiro atoms. The molecule has 0 radical (unpaired) electrons. The number of aromatic nitrogens is 2. The second-order valence-corrected chi connectivity index (χ2v) is 9.75. The number of imide groups is 1. The number of hydrogen-bond donors (Lipinski definition) is 2. The fourth-order valence-electron chi connectivity index (χ4n) is 5.10. The zero-order valence-corrected chi connectivity index (χ0v) is 21.3. The number of H-pyrrole nitrogens is 1. The minimum Gasteiger partial charge on any atom is -0.488 e. The number of amides is 2. The Balaban J connectivity index is 1.56. The third kappa shape index (κ3) is 4.17. The van der Waals surface area contributed by atoms with Gasteiger partial charge >= 0.3 is 0 Å². The number of aromatic amines is 1. The molecule has 0 aliphatic carbocycles. The molecule has 190 valence electrons. The van der Waals surface area contributed by atoms with Gasteiger partial charge in [0, 0.05) is 52.9 Å². The lowest BCUT2D eigenvalue weighted by Gasteiger charge is -2.12. The first kappa shape index (κ1) is 23.8. The molecule has 0 unspecified atom stereocenters. The van der Waals surface area contributed by atoms with Gasteiger partial charge in [0.15, 0.2) is 0 Å². The van der Waals surface area contributed by atoms with E-state index in [0.29, 0.717) is 34.6 Å². The van der Waals surface area contributed by atoms with E-state index in [2.05, 4.69) is 19.8 Å². The van der Waals surface area contributed by atoms with Crippen LogP contribution < -0.4 is 10.1 Å². The monoisotopic (exact) mass is 504 g/mol. The zero-order valence-electron chi connectivity index (χ0n) is 21.3. The van der Waals surface area contributed by atoms with Gasteiger partial charge in [0.2, 0.25) is 0 Å². The van der Waals surface area contributed by atoms with Crippen LogP contribution in [0, 0.1) is 0 Å². The van der Waals surface area contributed by atoms with E-state index in [1.165, 1.54) is 0 Å². The van der Waals surface area contributed by atoms with Crippen molar-refractivity contribution < 1.29 is 14.3 Å². The molecule has 0 bridgehead atoms. The fourth-order valence-corrected chi connectivity index (χ4v) is 5.10. The van der Waals surface area contributed by atoms with Gasteiger partial charge in [-0.05, 0) is 37.9 Å². The number of nitrogens with zero attached hydrogens (tertiary/aromatic N) is 2. The molecule has 38 heavy (non-hydrogen) atoms. The summed E-state index contributed by atoms with van der Waals surface area (Å²) in [7, 11) is 4.06. The quantitative estimate of drug-likeness (QED) is 0.297. The third-order valence-electron chi connectivity index (χ3n) is 6.95. The van der Waals surface area contributed by atoms with Gasteiger partial charge in [-0.2, -0.15) is 0 Å². The van der Waals surface area contributed by atoms with Gasteiger partial charge in [-0.15, -0.1) is 0 Å². The molecule has 1 aliphatic heterocycles. The van der Waals surface area contributed by atoms with Crippen molar-refractivity contribution in [1.29, 1.82) is 0 Å². The highest BCUT2D eigenvalue weighted by Gasteiger charge is 2.35. The average Bonchev–Trinajstić information content (AvgIpc) is 3.59. The van der Waals surface area contributed by atoms with E-state index in [9.17, 15) is 9.59 Å². The smallest absolute Gasteiger partial charge is 0.259 e. The Bertz CT molecular complexity index is 1710. The summed E-state index contributed by atoms with van der Waals surface area (Å²) in [6.07, 6.45) is 3.78. The van der Waals surface area contributed by atoms with Crippen LogP contribution in [0.1, 0.15) is 16.7 Å². The van der Waals surface area contributed by atoms with Gasteiger partial charge in [-0.25, -0.2) is 0 Å². The Morgan fingerprint density at radius 1 is 0.842 bits per heavy atom. The number of likely N-dealkylation sites (N-methyl/N-ethyl adjacent to an activating group) is 1. The predicted molar refractivity (Wildman–Crippen MR) is 150 cm³/mol. The van der Waals surface area contributed by atoms with Crippen molar-refractivity contribution in [2.45, 2.75) is 13.2 Å². The lowest BCUT2D eigenvalue weighted by molar-refractivity contribution is -0.122. The molecule has 2 amide bonds. The first-order chi connectivity index (χ1) is 18.5. The van der Waals surface area contributed by atoms with E-state index in [0.717, 1.165) is 40.5 Å².